The standard InChI is InChI=1S/C24H20N4O6/c1-32-17-7-5-16(6-8-17)26-21(29)13-27-18-3-2-10-25-22(18)23(30)28(24(27)31)12-15-4-9-19-20(11-15)34-14-33-19/h2-11H,12-14H2,1H3,(H,26,29). The Hall–Kier alpha value is -4.60. The highest BCUT2D eigenvalue weighted by atomic mass is 16.7. The molecule has 5 rings (SSSR count). The highest BCUT2D eigenvalue weighted by Crippen LogP contribution is 2.32. The van der Waals surface area contributed by atoms with Crippen molar-refractivity contribution in [1.82, 2.24) is 14.1 Å². The molecule has 0 unspecified atom stereocenters. The van der Waals surface area contributed by atoms with E-state index in [-0.39, 0.29) is 30.9 Å². The largest absolute Gasteiger partial charge is 0.497 e. The molecule has 0 bridgehead atoms. The van der Waals surface area contributed by atoms with Crippen molar-refractivity contribution in [3.05, 3.63) is 87.2 Å². The van der Waals surface area contributed by atoms with Gasteiger partial charge in [0.1, 0.15) is 12.3 Å². The lowest BCUT2D eigenvalue weighted by molar-refractivity contribution is -0.116. The number of hydrogen-bond donors (Lipinski definition) is 1. The van der Waals surface area contributed by atoms with Gasteiger partial charge in [0.15, 0.2) is 17.0 Å². The lowest BCUT2D eigenvalue weighted by atomic mass is 10.2. The summed E-state index contributed by atoms with van der Waals surface area (Å²) in [5, 5.41) is 2.75. The molecule has 2 aromatic heterocycles. The van der Waals surface area contributed by atoms with Gasteiger partial charge < -0.3 is 19.5 Å². The SMILES string of the molecule is COc1ccc(NC(=O)Cn2c(=O)n(Cc3ccc4c(c3)OCO4)c(=O)c3ncccc32)cc1. The molecule has 4 aromatic rings. The molecule has 0 aliphatic carbocycles. The summed E-state index contributed by atoms with van der Waals surface area (Å²) in [4.78, 5) is 43.4. The van der Waals surface area contributed by atoms with Crippen molar-refractivity contribution in [2.24, 2.45) is 0 Å². The van der Waals surface area contributed by atoms with Gasteiger partial charge >= 0.3 is 5.69 Å². The monoisotopic (exact) mass is 460 g/mol. The number of benzene rings is 2. The summed E-state index contributed by atoms with van der Waals surface area (Å²) in [7, 11) is 1.55. The van der Waals surface area contributed by atoms with Crippen LogP contribution in [0.4, 0.5) is 5.69 Å². The maximum atomic E-state index is 13.4. The number of carbonyl (C=O) groups excluding carboxylic acids is 1. The minimum atomic E-state index is -0.618. The second-order valence-corrected chi connectivity index (χ2v) is 7.60. The molecule has 1 aliphatic rings. The van der Waals surface area contributed by atoms with E-state index < -0.39 is 17.2 Å². The van der Waals surface area contributed by atoms with Crippen LogP contribution in [0.5, 0.6) is 17.2 Å². The average molecular weight is 460 g/mol. The van der Waals surface area contributed by atoms with E-state index in [0.29, 0.717) is 28.5 Å². The number of rotatable bonds is 6. The second kappa shape index (κ2) is 8.74. The van der Waals surface area contributed by atoms with Gasteiger partial charge in [-0.05, 0) is 54.1 Å². The van der Waals surface area contributed by atoms with Crippen molar-refractivity contribution < 1.29 is 19.0 Å². The van der Waals surface area contributed by atoms with E-state index in [4.69, 9.17) is 14.2 Å². The highest BCUT2D eigenvalue weighted by Gasteiger charge is 2.18. The van der Waals surface area contributed by atoms with Gasteiger partial charge in [0.25, 0.3) is 5.56 Å². The molecule has 3 heterocycles. The van der Waals surface area contributed by atoms with Gasteiger partial charge in [-0.1, -0.05) is 6.07 Å². The summed E-state index contributed by atoms with van der Waals surface area (Å²) in [6, 6.07) is 15.2. The molecule has 1 N–H and O–H groups in total. The normalized spacial score (nSPS) is 12.0. The van der Waals surface area contributed by atoms with Crippen LogP contribution in [0.15, 0.2) is 70.4 Å². The van der Waals surface area contributed by atoms with Crippen molar-refractivity contribution in [1.29, 1.82) is 0 Å². The summed E-state index contributed by atoms with van der Waals surface area (Å²) in [5.74, 6) is 1.38. The van der Waals surface area contributed by atoms with Crippen molar-refractivity contribution >= 4 is 22.6 Å². The predicted octanol–water partition coefficient (Wildman–Crippen LogP) is 1.98. The fourth-order valence-corrected chi connectivity index (χ4v) is 3.78. The molecule has 0 saturated carbocycles. The molecular formula is C24H20N4O6. The van der Waals surface area contributed by atoms with E-state index in [2.05, 4.69) is 10.3 Å². The minimum absolute atomic E-state index is 0.0130. The van der Waals surface area contributed by atoms with Crippen LogP contribution in [0.25, 0.3) is 11.0 Å². The van der Waals surface area contributed by atoms with E-state index >= 15 is 0 Å². The van der Waals surface area contributed by atoms with E-state index in [9.17, 15) is 14.4 Å². The number of anilines is 1. The number of fused-ring (bicyclic) bond motifs is 2. The highest BCUT2D eigenvalue weighted by molar-refractivity contribution is 5.91. The number of nitrogens with zero attached hydrogens (tertiary/aromatic N) is 3. The zero-order valence-corrected chi connectivity index (χ0v) is 18.2. The van der Waals surface area contributed by atoms with Crippen LogP contribution < -0.4 is 30.8 Å². The van der Waals surface area contributed by atoms with Gasteiger partial charge in [0.05, 0.1) is 19.2 Å². The number of hydrogen-bond acceptors (Lipinski definition) is 7. The Morgan fingerprint density at radius 2 is 1.85 bits per heavy atom. The van der Waals surface area contributed by atoms with Crippen molar-refractivity contribution in [3.63, 3.8) is 0 Å². The zero-order valence-electron chi connectivity index (χ0n) is 18.2. The van der Waals surface area contributed by atoms with Crippen molar-refractivity contribution in [2.45, 2.75) is 13.1 Å². The number of ether oxygens (including phenoxy) is 3. The average Bonchev–Trinajstić information content (AvgIpc) is 3.33. The predicted molar refractivity (Wildman–Crippen MR) is 124 cm³/mol. The molecule has 172 valence electrons. The number of carbonyl (C=O) groups is 1. The first kappa shape index (κ1) is 21.3. The third-order valence-corrected chi connectivity index (χ3v) is 5.44. The Bertz CT molecular complexity index is 1510. The molecule has 0 saturated heterocycles. The summed E-state index contributed by atoms with van der Waals surface area (Å²) < 4.78 is 18.1. The van der Waals surface area contributed by atoms with Gasteiger partial charge in [0.2, 0.25) is 12.7 Å². The number of aromatic nitrogens is 3. The second-order valence-electron chi connectivity index (χ2n) is 7.60. The summed E-state index contributed by atoms with van der Waals surface area (Å²) >= 11 is 0. The van der Waals surface area contributed by atoms with Crippen LogP contribution in [0.1, 0.15) is 5.56 Å². The Labute approximate surface area is 193 Å². The molecule has 0 radical (unpaired) electrons. The van der Waals surface area contributed by atoms with Crippen LogP contribution >= 0.6 is 0 Å². The van der Waals surface area contributed by atoms with Crippen molar-refractivity contribution in [2.75, 3.05) is 19.2 Å². The van der Waals surface area contributed by atoms with Gasteiger partial charge in [-0.2, -0.15) is 0 Å². The van der Waals surface area contributed by atoms with Gasteiger partial charge in [-0.25, -0.2) is 9.78 Å². The van der Waals surface area contributed by atoms with E-state index in [1.54, 1.807) is 61.7 Å². The lowest BCUT2D eigenvalue weighted by Gasteiger charge is -2.14. The third-order valence-electron chi connectivity index (χ3n) is 5.44. The number of pyridine rings is 1. The quantitative estimate of drug-likeness (QED) is 0.468. The first-order valence-corrected chi connectivity index (χ1v) is 10.4. The molecule has 10 heteroatoms. The number of nitrogens with one attached hydrogen (secondary N) is 1. The Kier molecular flexibility index (Phi) is 5.46. The van der Waals surface area contributed by atoms with Crippen LogP contribution in [0.3, 0.4) is 0 Å². The van der Waals surface area contributed by atoms with E-state index in [1.165, 1.54) is 10.8 Å². The zero-order chi connectivity index (χ0) is 23.7. The minimum Gasteiger partial charge on any atom is -0.497 e. The Morgan fingerprint density at radius 3 is 2.65 bits per heavy atom. The van der Waals surface area contributed by atoms with Crippen LogP contribution in [-0.2, 0) is 17.9 Å². The van der Waals surface area contributed by atoms with E-state index in [0.717, 1.165) is 4.57 Å². The maximum Gasteiger partial charge on any atom is 0.332 e. The smallest absolute Gasteiger partial charge is 0.332 e. The topological polar surface area (TPSA) is 114 Å². The first-order chi connectivity index (χ1) is 16.5. The molecule has 1 aliphatic heterocycles. The van der Waals surface area contributed by atoms with Crippen LogP contribution in [-0.4, -0.2) is 33.9 Å². The summed E-state index contributed by atoms with van der Waals surface area (Å²) in [5.41, 5.74) is 0.450. The summed E-state index contributed by atoms with van der Waals surface area (Å²) in [6.07, 6.45) is 1.47. The molecule has 0 fully saturated rings. The van der Waals surface area contributed by atoms with Gasteiger partial charge in [-0.3, -0.25) is 18.7 Å². The van der Waals surface area contributed by atoms with Gasteiger partial charge in [0, 0.05) is 11.9 Å². The maximum absolute atomic E-state index is 13.4. The number of amides is 1. The van der Waals surface area contributed by atoms with Crippen LogP contribution in [0, 0.1) is 0 Å². The molecule has 34 heavy (non-hydrogen) atoms. The fraction of sp³-hybridized carbons (Fsp3) is 0.167. The molecular weight excluding hydrogens is 440 g/mol. The fourth-order valence-electron chi connectivity index (χ4n) is 3.78. The first-order valence-electron chi connectivity index (χ1n) is 10.4. The molecule has 0 atom stereocenters. The van der Waals surface area contributed by atoms with Gasteiger partial charge in [-0.15, -0.1) is 0 Å². The molecule has 1 amide bonds. The van der Waals surface area contributed by atoms with Crippen LogP contribution in [0.2, 0.25) is 0 Å². The van der Waals surface area contributed by atoms with Crippen molar-refractivity contribution in [3.8, 4) is 17.2 Å². The Morgan fingerprint density at radius 1 is 1.06 bits per heavy atom. The molecule has 0 spiro atoms. The Balaban J connectivity index is 1.50. The lowest BCUT2D eigenvalue weighted by Crippen LogP contribution is -2.42. The van der Waals surface area contributed by atoms with E-state index in [1.807, 2.05) is 0 Å². The summed E-state index contributed by atoms with van der Waals surface area (Å²) in [6.45, 7) is -0.190. The number of methoxy groups -OCH3 is 1. The third kappa shape index (κ3) is 3.96. The molecule has 10 nitrogen and oxygen atoms in total. The molecule has 2 aromatic carbocycles.